The van der Waals surface area contributed by atoms with E-state index in [4.69, 9.17) is 14.2 Å². The van der Waals surface area contributed by atoms with Crippen molar-refractivity contribution in [1.82, 2.24) is 0 Å². The molecular weight excluding hydrogens is 889 g/mol. The minimum atomic E-state index is -0.797. The maximum absolute atomic E-state index is 12.8. The standard InChI is InChI=1S/C66H108O6/c1-4-7-10-13-16-19-22-25-27-28-29-30-31-32-33-34-35-36-37-38-40-41-44-47-50-53-56-59-65(68)71-62-63(61-70-64(67)58-55-52-49-46-43-24-21-18-15-12-9-6-3)72-66(69)60-57-54-51-48-45-42-39-26-23-20-17-14-11-8-5-2/h7-8,10-11,16-21,25-27,29-30,32-33,35-36,39,63H,4-6,9,12-15,22-24,28,31,34,37-38,40-62H2,1-3H3/b10-7-,11-8-,19-16-,20-17-,21-18-,27-25-,30-29-,33-32-,36-35-,39-26-. The second kappa shape index (κ2) is 59.4. The van der Waals surface area contributed by atoms with Crippen molar-refractivity contribution in [2.75, 3.05) is 13.2 Å². The van der Waals surface area contributed by atoms with Crippen LogP contribution in [-0.2, 0) is 28.6 Å². The van der Waals surface area contributed by atoms with Crippen LogP contribution in [0, 0.1) is 0 Å². The minimum absolute atomic E-state index is 0.0942. The van der Waals surface area contributed by atoms with Crippen molar-refractivity contribution >= 4 is 17.9 Å². The van der Waals surface area contributed by atoms with E-state index in [1.54, 1.807) is 0 Å². The number of carbonyl (C=O) groups is 3. The van der Waals surface area contributed by atoms with Crippen LogP contribution in [0.25, 0.3) is 0 Å². The second-order valence-electron chi connectivity index (χ2n) is 19.1. The Hall–Kier alpha value is -4.19. The average Bonchev–Trinajstić information content (AvgIpc) is 3.38. The molecular formula is C66H108O6. The summed E-state index contributed by atoms with van der Waals surface area (Å²) in [5.41, 5.74) is 0. The van der Waals surface area contributed by atoms with Crippen molar-refractivity contribution < 1.29 is 28.6 Å². The summed E-state index contributed by atoms with van der Waals surface area (Å²) in [5, 5.41) is 0. The van der Waals surface area contributed by atoms with Crippen molar-refractivity contribution in [3.8, 4) is 0 Å². The summed E-state index contributed by atoms with van der Waals surface area (Å²) >= 11 is 0. The molecule has 0 N–H and O–H groups in total. The van der Waals surface area contributed by atoms with Crippen molar-refractivity contribution in [2.45, 2.75) is 264 Å². The Kier molecular flexibility index (Phi) is 55.9. The maximum atomic E-state index is 12.8. The van der Waals surface area contributed by atoms with Crippen LogP contribution in [0.5, 0.6) is 0 Å². The van der Waals surface area contributed by atoms with Gasteiger partial charge in [-0.05, 0) is 128 Å². The Labute approximate surface area is 443 Å². The first kappa shape index (κ1) is 67.8. The molecule has 0 fully saturated rings. The molecule has 0 spiro atoms. The van der Waals surface area contributed by atoms with Crippen LogP contribution >= 0.6 is 0 Å². The highest BCUT2D eigenvalue weighted by Crippen LogP contribution is 2.14. The zero-order valence-electron chi connectivity index (χ0n) is 46.7. The van der Waals surface area contributed by atoms with Crippen molar-refractivity contribution in [3.05, 3.63) is 122 Å². The van der Waals surface area contributed by atoms with Gasteiger partial charge in [0, 0.05) is 19.3 Å². The molecule has 0 aliphatic rings. The van der Waals surface area contributed by atoms with E-state index >= 15 is 0 Å². The van der Waals surface area contributed by atoms with Crippen molar-refractivity contribution in [1.29, 1.82) is 0 Å². The largest absolute Gasteiger partial charge is 0.462 e. The Balaban J connectivity index is 4.34. The SMILES string of the molecule is CC/C=C\C/C=C\C/C=C\C/C=C\C/C=C\C/C=C\CCCCCCCCCCC(=O)OCC(COC(=O)CCCCCCC/C=C\CCCCC)OC(=O)CCCCCCC/C=C\C/C=C\C/C=C\CC. The lowest BCUT2D eigenvalue weighted by molar-refractivity contribution is -0.167. The van der Waals surface area contributed by atoms with E-state index in [0.29, 0.717) is 19.3 Å². The Morgan fingerprint density at radius 1 is 0.292 bits per heavy atom. The van der Waals surface area contributed by atoms with Crippen LogP contribution in [-0.4, -0.2) is 37.2 Å². The van der Waals surface area contributed by atoms with Gasteiger partial charge in [-0.15, -0.1) is 0 Å². The third-order valence-electron chi connectivity index (χ3n) is 12.2. The summed E-state index contributed by atoms with van der Waals surface area (Å²) in [5.74, 6) is -0.930. The van der Waals surface area contributed by atoms with Gasteiger partial charge in [0.05, 0.1) is 0 Å². The molecule has 0 aromatic carbocycles. The number of hydrogen-bond acceptors (Lipinski definition) is 6. The molecule has 1 atom stereocenters. The smallest absolute Gasteiger partial charge is 0.306 e. The molecule has 0 rings (SSSR count). The lowest BCUT2D eigenvalue weighted by atomic mass is 10.1. The molecule has 408 valence electrons. The predicted octanol–water partition coefficient (Wildman–Crippen LogP) is 20.0. The van der Waals surface area contributed by atoms with Crippen molar-refractivity contribution in [2.24, 2.45) is 0 Å². The average molecular weight is 998 g/mol. The quantitative estimate of drug-likeness (QED) is 0.0261. The summed E-state index contributed by atoms with van der Waals surface area (Å²) < 4.78 is 16.8. The zero-order valence-corrected chi connectivity index (χ0v) is 46.7. The van der Waals surface area contributed by atoms with Gasteiger partial charge < -0.3 is 14.2 Å². The highest BCUT2D eigenvalue weighted by Gasteiger charge is 2.19. The molecule has 0 amide bonds. The number of hydrogen-bond donors (Lipinski definition) is 0. The molecule has 6 nitrogen and oxygen atoms in total. The van der Waals surface area contributed by atoms with Crippen LogP contribution in [0.2, 0.25) is 0 Å². The predicted molar refractivity (Wildman–Crippen MR) is 311 cm³/mol. The number of unbranched alkanes of at least 4 members (excludes halogenated alkanes) is 21. The van der Waals surface area contributed by atoms with Gasteiger partial charge in [0.1, 0.15) is 13.2 Å². The summed E-state index contributed by atoms with van der Waals surface area (Å²) in [6.45, 7) is 6.36. The van der Waals surface area contributed by atoms with Crippen LogP contribution in [0.1, 0.15) is 258 Å². The maximum Gasteiger partial charge on any atom is 0.306 e. The molecule has 0 aliphatic heterocycles. The molecule has 6 heteroatoms. The fourth-order valence-corrected chi connectivity index (χ4v) is 7.81. The first-order valence-corrected chi connectivity index (χ1v) is 29.5. The third-order valence-corrected chi connectivity index (χ3v) is 12.2. The fraction of sp³-hybridized carbons (Fsp3) is 0.652. The normalized spacial score (nSPS) is 13.0. The van der Waals surface area contributed by atoms with Gasteiger partial charge in [0.15, 0.2) is 6.10 Å². The third kappa shape index (κ3) is 56.7. The molecule has 72 heavy (non-hydrogen) atoms. The second-order valence-corrected chi connectivity index (χ2v) is 19.1. The molecule has 1 unspecified atom stereocenters. The lowest BCUT2D eigenvalue weighted by Gasteiger charge is -2.18. The van der Waals surface area contributed by atoms with Crippen LogP contribution < -0.4 is 0 Å². The van der Waals surface area contributed by atoms with Crippen LogP contribution in [0.3, 0.4) is 0 Å². The van der Waals surface area contributed by atoms with Gasteiger partial charge in [0.2, 0.25) is 0 Å². The minimum Gasteiger partial charge on any atom is -0.462 e. The van der Waals surface area contributed by atoms with E-state index in [2.05, 4.69) is 142 Å². The van der Waals surface area contributed by atoms with E-state index in [0.717, 1.165) is 154 Å². The van der Waals surface area contributed by atoms with Crippen molar-refractivity contribution in [3.63, 3.8) is 0 Å². The monoisotopic (exact) mass is 997 g/mol. The summed E-state index contributed by atoms with van der Waals surface area (Å²) in [7, 11) is 0. The summed E-state index contributed by atoms with van der Waals surface area (Å²) in [4.78, 5) is 38.1. The molecule has 0 aromatic heterocycles. The molecule has 0 aliphatic carbocycles. The van der Waals surface area contributed by atoms with E-state index in [9.17, 15) is 14.4 Å². The molecule has 0 heterocycles. The molecule has 0 radical (unpaired) electrons. The van der Waals surface area contributed by atoms with Gasteiger partial charge in [-0.2, -0.15) is 0 Å². The molecule has 0 bridgehead atoms. The van der Waals surface area contributed by atoms with Gasteiger partial charge in [0.25, 0.3) is 0 Å². The van der Waals surface area contributed by atoms with Crippen LogP contribution in [0.4, 0.5) is 0 Å². The molecule has 0 saturated heterocycles. The van der Waals surface area contributed by atoms with Crippen LogP contribution in [0.15, 0.2) is 122 Å². The molecule has 0 aromatic rings. The lowest BCUT2D eigenvalue weighted by Crippen LogP contribution is -2.30. The zero-order chi connectivity index (χ0) is 52.2. The Morgan fingerprint density at radius 3 is 0.861 bits per heavy atom. The Morgan fingerprint density at radius 2 is 0.542 bits per heavy atom. The van der Waals surface area contributed by atoms with Gasteiger partial charge in [-0.3, -0.25) is 14.4 Å². The number of rotatable bonds is 52. The van der Waals surface area contributed by atoms with Gasteiger partial charge in [-0.1, -0.05) is 232 Å². The number of esters is 3. The molecule has 0 saturated carbocycles. The Bertz CT molecular complexity index is 1520. The highest BCUT2D eigenvalue weighted by molar-refractivity contribution is 5.71. The van der Waals surface area contributed by atoms with E-state index < -0.39 is 6.10 Å². The van der Waals surface area contributed by atoms with E-state index in [1.807, 2.05) is 0 Å². The topological polar surface area (TPSA) is 78.9 Å². The van der Waals surface area contributed by atoms with Gasteiger partial charge >= 0.3 is 17.9 Å². The summed E-state index contributed by atoms with van der Waals surface area (Å²) in [6.07, 6.45) is 81.9. The highest BCUT2D eigenvalue weighted by atomic mass is 16.6. The fourth-order valence-electron chi connectivity index (χ4n) is 7.81. The first-order chi connectivity index (χ1) is 35.5. The summed E-state index contributed by atoms with van der Waals surface area (Å²) in [6, 6.07) is 0. The number of carbonyl (C=O) groups excluding carboxylic acids is 3. The van der Waals surface area contributed by atoms with Gasteiger partial charge in [-0.25, -0.2) is 0 Å². The van der Waals surface area contributed by atoms with E-state index in [-0.39, 0.29) is 31.1 Å². The first-order valence-electron chi connectivity index (χ1n) is 29.5. The van der Waals surface area contributed by atoms with E-state index in [1.165, 1.54) is 64.2 Å². The number of allylic oxidation sites excluding steroid dienone is 20. The number of ether oxygens (including phenoxy) is 3.